The topological polar surface area (TPSA) is 86.6 Å². The highest BCUT2D eigenvalue weighted by Crippen LogP contribution is 2.27. The summed E-state index contributed by atoms with van der Waals surface area (Å²) < 4.78 is 0. The summed E-state index contributed by atoms with van der Waals surface area (Å²) in [6.45, 7) is 0.451. The third-order valence-electron chi connectivity index (χ3n) is 4.49. The van der Waals surface area contributed by atoms with Gasteiger partial charge < -0.3 is 15.5 Å². The summed E-state index contributed by atoms with van der Waals surface area (Å²) in [5, 5.41) is 21.9. The van der Waals surface area contributed by atoms with Gasteiger partial charge in [0, 0.05) is 12.5 Å². The van der Waals surface area contributed by atoms with Crippen LogP contribution < -0.4 is 5.32 Å². The van der Waals surface area contributed by atoms with Crippen LogP contribution in [-0.2, 0) is 9.59 Å². The molecule has 0 aromatic carbocycles. The van der Waals surface area contributed by atoms with Gasteiger partial charge in [0.05, 0.1) is 17.9 Å². The van der Waals surface area contributed by atoms with E-state index in [1.54, 1.807) is 0 Å². The lowest BCUT2D eigenvalue weighted by Gasteiger charge is -2.29. The number of aliphatic hydroxyl groups excluding tert-OH is 1. The molecule has 4 atom stereocenters. The van der Waals surface area contributed by atoms with Crippen LogP contribution in [0, 0.1) is 17.8 Å². The molecule has 0 saturated heterocycles. The van der Waals surface area contributed by atoms with Gasteiger partial charge in [-0.25, -0.2) is 0 Å². The van der Waals surface area contributed by atoms with Gasteiger partial charge >= 0.3 is 5.97 Å². The van der Waals surface area contributed by atoms with Gasteiger partial charge in [0.25, 0.3) is 0 Å². The Bertz CT molecular complexity index is 393. The van der Waals surface area contributed by atoms with E-state index >= 15 is 0 Å². The van der Waals surface area contributed by atoms with Gasteiger partial charge in [-0.2, -0.15) is 0 Å². The number of hydrogen-bond acceptors (Lipinski definition) is 3. The first kappa shape index (κ1) is 15.0. The molecular weight excluding hydrogens is 258 g/mol. The Morgan fingerprint density at radius 3 is 2.40 bits per heavy atom. The van der Waals surface area contributed by atoms with Gasteiger partial charge in [-0.3, -0.25) is 9.59 Å². The molecule has 5 nitrogen and oxygen atoms in total. The monoisotopic (exact) mass is 281 g/mol. The number of carboxylic acid groups (broad SMARTS) is 1. The zero-order chi connectivity index (χ0) is 14.5. The van der Waals surface area contributed by atoms with E-state index in [9.17, 15) is 14.7 Å². The number of carboxylic acids is 1. The van der Waals surface area contributed by atoms with Crippen LogP contribution in [0.25, 0.3) is 0 Å². The third kappa shape index (κ3) is 3.60. The van der Waals surface area contributed by atoms with Crippen molar-refractivity contribution in [3.63, 3.8) is 0 Å². The Kier molecular flexibility index (Phi) is 5.17. The smallest absolute Gasteiger partial charge is 0.307 e. The van der Waals surface area contributed by atoms with Crippen LogP contribution in [0.4, 0.5) is 0 Å². The summed E-state index contributed by atoms with van der Waals surface area (Å²) in [6, 6.07) is 0. The highest BCUT2D eigenvalue weighted by atomic mass is 16.4. The molecule has 1 amide bonds. The maximum atomic E-state index is 12.2. The molecule has 0 heterocycles. The van der Waals surface area contributed by atoms with Crippen LogP contribution in [-0.4, -0.2) is 34.7 Å². The van der Waals surface area contributed by atoms with E-state index < -0.39 is 17.8 Å². The van der Waals surface area contributed by atoms with Gasteiger partial charge in [-0.05, 0) is 25.7 Å². The average molecular weight is 281 g/mol. The number of aliphatic hydroxyl groups is 1. The van der Waals surface area contributed by atoms with Crippen molar-refractivity contribution in [2.24, 2.45) is 17.8 Å². The maximum absolute atomic E-state index is 12.2. The lowest BCUT2D eigenvalue weighted by atomic mass is 9.82. The highest BCUT2D eigenvalue weighted by Gasteiger charge is 2.34. The first-order valence-electron chi connectivity index (χ1n) is 7.43. The van der Waals surface area contributed by atoms with Crippen LogP contribution in [0.3, 0.4) is 0 Å². The molecule has 5 heteroatoms. The van der Waals surface area contributed by atoms with Crippen molar-refractivity contribution < 1.29 is 19.8 Å². The molecule has 112 valence electrons. The number of hydrogen-bond donors (Lipinski definition) is 3. The van der Waals surface area contributed by atoms with Crippen molar-refractivity contribution in [3.05, 3.63) is 12.2 Å². The largest absolute Gasteiger partial charge is 0.481 e. The summed E-state index contributed by atoms with van der Waals surface area (Å²) in [5.41, 5.74) is 0. The maximum Gasteiger partial charge on any atom is 0.307 e. The SMILES string of the molecule is O=C(O)[C@H]1CC=CC[C@H]1C(=O)NCC1CCCCC1O. The zero-order valence-corrected chi connectivity index (χ0v) is 11.6. The Morgan fingerprint density at radius 2 is 1.75 bits per heavy atom. The predicted molar refractivity (Wildman–Crippen MR) is 74.0 cm³/mol. The first-order chi connectivity index (χ1) is 9.59. The minimum absolute atomic E-state index is 0.107. The Balaban J connectivity index is 1.87. The predicted octanol–water partition coefficient (Wildman–Crippen LogP) is 1.32. The number of nitrogens with one attached hydrogen (secondary N) is 1. The molecule has 2 unspecified atom stereocenters. The van der Waals surface area contributed by atoms with Gasteiger partial charge in [0.15, 0.2) is 0 Å². The van der Waals surface area contributed by atoms with Gasteiger partial charge in [-0.15, -0.1) is 0 Å². The summed E-state index contributed by atoms with van der Waals surface area (Å²) in [7, 11) is 0. The van der Waals surface area contributed by atoms with Crippen LogP contribution in [0.1, 0.15) is 38.5 Å². The molecule has 2 rings (SSSR count). The van der Waals surface area contributed by atoms with Crippen molar-refractivity contribution in [2.75, 3.05) is 6.54 Å². The van der Waals surface area contributed by atoms with E-state index in [2.05, 4.69) is 5.32 Å². The zero-order valence-electron chi connectivity index (χ0n) is 11.6. The summed E-state index contributed by atoms with van der Waals surface area (Å²) in [5.74, 6) is -2.11. The minimum atomic E-state index is -0.910. The normalized spacial score (nSPS) is 33.6. The van der Waals surface area contributed by atoms with Crippen LogP contribution in [0.2, 0.25) is 0 Å². The van der Waals surface area contributed by atoms with Crippen LogP contribution >= 0.6 is 0 Å². The summed E-state index contributed by atoms with van der Waals surface area (Å²) in [6.07, 6.45) is 8.10. The molecule has 3 N–H and O–H groups in total. The van der Waals surface area contributed by atoms with E-state index in [-0.39, 0.29) is 17.9 Å². The van der Waals surface area contributed by atoms with Crippen molar-refractivity contribution in [1.29, 1.82) is 0 Å². The standard InChI is InChI=1S/C15H23NO4/c17-13-8-4-1-5-10(13)9-16-14(18)11-6-2-3-7-12(11)15(19)20/h2-3,10-13,17H,1,4-9H2,(H,16,18)(H,19,20)/t10?,11-,12+,13?/m1/s1. The third-order valence-corrected chi connectivity index (χ3v) is 4.49. The van der Waals surface area contributed by atoms with Gasteiger partial charge in [-0.1, -0.05) is 25.0 Å². The Labute approximate surface area is 119 Å². The Morgan fingerprint density at radius 1 is 1.10 bits per heavy atom. The van der Waals surface area contributed by atoms with Crippen LogP contribution in [0.15, 0.2) is 12.2 Å². The second kappa shape index (κ2) is 6.88. The molecule has 0 bridgehead atoms. The van der Waals surface area contributed by atoms with Crippen molar-refractivity contribution >= 4 is 11.9 Å². The first-order valence-corrected chi connectivity index (χ1v) is 7.43. The van der Waals surface area contributed by atoms with Crippen molar-refractivity contribution in [2.45, 2.75) is 44.6 Å². The van der Waals surface area contributed by atoms with E-state index in [1.165, 1.54) is 0 Å². The minimum Gasteiger partial charge on any atom is -0.481 e. The van der Waals surface area contributed by atoms with E-state index in [0.29, 0.717) is 19.4 Å². The number of carbonyl (C=O) groups excluding carboxylic acids is 1. The van der Waals surface area contributed by atoms with E-state index in [4.69, 9.17) is 5.11 Å². The number of rotatable bonds is 4. The molecule has 20 heavy (non-hydrogen) atoms. The molecule has 1 saturated carbocycles. The van der Waals surface area contributed by atoms with E-state index in [1.807, 2.05) is 12.2 Å². The van der Waals surface area contributed by atoms with Gasteiger partial charge in [0.1, 0.15) is 0 Å². The molecule has 0 aromatic heterocycles. The van der Waals surface area contributed by atoms with Crippen molar-refractivity contribution in [3.8, 4) is 0 Å². The van der Waals surface area contributed by atoms with E-state index in [0.717, 1.165) is 25.7 Å². The molecule has 0 aromatic rings. The Hall–Kier alpha value is -1.36. The lowest BCUT2D eigenvalue weighted by Crippen LogP contribution is -2.42. The van der Waals surface area contributed by atoms with Crippen LogP contribution in [0.5, 0.6) is 0 Å². The fraction of sp³-hybridized carbons (Fsp3) is 0.733. The molecule has 2 aliphatic rings. The molecule has 1 fully saturated rings. The molecule has 0 aliphatic heterocycles. The molecule has 0 spiro atoms. The fourth-order valence-electron chi connectivity index (χ4n) is 3.17. The molecule has 2 aliphatic carbocycles. The summed E-state index contributed by atoms with van der Waals surface area (Å²) >= 11 is 0. The second-order valence-corrected chi connectivity index (χ2v) is 5.85. The molecule has 0 radical (unpaired) electrons. The quantitative estimate of drug-likeness (QED) is 0.678. The fourth-order valence-corrected chi connectivity index (χ4v) is 3.17. The molecular formula is C15H23NO4. The van der Waals surface area contributed by atoms with Gasteiger partial charge in [0.2, 0.25) is 5.91 Å². The highest BCUT2D eigenvalue weighted by molar-refractivity contribution is 5.85. The second-order valence-electron chi connectivity index (χ2n) is 5.85. The lowest BCUT2D eigenvalue weighted by molar-refractivity contribution is -0.147. The van der Waals surface area contributed by atoms with Crippen molar-refractivity contribution in [1.82, 2.24) is 5.32 Å². The average Bonchev–Trinajstić information content (AvgIpc) is 2.46. The number of carbonyl (C=O) groups is 2. The number of allylic oxidation sites excluding steroid dienone is 2. The number of amides is 1. The summed E-state index contributed by atoms with van der Waals surface area (Å²) in [4.78, 5) is 23.3. The number of aliphatic carboxylic acids is 1.